The van der Waals surface area contributed by atoms with Crippen LogP contribution < -0.4 is 5.56 Å². The Morgan fingerprint density at radius 3 is 2.84 bits per heavy atom. The van der Waals surface area contributed by atoms with Crippen LogP contribution in [0.3, 0.4) is 0 Å². The summed E-state index contributed by atoms with van der Waals surface area (Å²) in [6, 6.07) is 6.14. The minimum absolute atomic E-state index is 0.0265. The van der Waals surface area contributed by atoms with Crippen molar-refractivity contribution in [2.75, 3.05) is 0 Å². The van der Waals surface area contributed by atoms with Crippen LogP contribution in [0.1, 0.15) is 29.3 Å². The maximum atomic E-state index is 12.9. The maximum Gasteiger partial charge on any atom is 0.279 e. The fourth-order valence-electron chi connectivity index (χ4n) is 3.29. The van der Waals surface area contributed by atoms with E-state index in [1.165, 1.54) is 21.7 Å². The van der Waals surface area contributed by atoms with Gasteiger partial charge in [0, 0.05) is 17.0 Å². The average Bonchev–Trinajstić information content (AvgIpc) is 2.96. The van der Waals surface area contributed by atoms with Gasteiger partial charge in [-0.3, -0.25) is 14.9 Å². The molecule has 0 radical (unpaired) electrons. The minimum atomic E-state index is -0.444. The van der Waals surface area contributed by atoms with Gasteiger partial charge in [0.05, 0.1) is 16.9 Å². The average molecular weight is 356 g/mol. The molecule has 1 unspecified atom stereocenters. The summed E-state index contributed by atoms with van der Waals surface area (Å²) in [6.45, 7) is 2.48. The van der Waals surface area contributed by atoms with Crippen LogP contribution in [-0.4, -0.2) is 19.9 Å². The number of nitro groups is 1. The molecule has 0 aliphatic heterocycles. The number of rotatable bonds is 3. The van der Waals surface area contributed by atoms with Gasteiger partial charge in [0.1, 0.15) is 0 Å². The summed E-state index contributed by atoms with van der Waals surface area (Å²) in [5.74, 6) is 0.635. The van der Waals surface area contributed by atoms with Crippen LogP contribution in [0.5, 0.6) is 0 Å². The second-order valence-corrected chi connectivity index (χ2v) is 7.59. The van der Waals surface area contributed by atoms with Gasteiger partial charge in [0.2, 0.25) is 0 Å². The maximum absolute atomic E-state index is 12.9. The van der Waals surface area contributed by atoms with E-state index in [0.717, 1.165) is 30.4 Å². The van der Waals surface area contributed by atoms with Gasteiger partial charge in [-0.1, -0.05) is 24.3 Å². The molecular weight excluding hydrogens is 340 g/mol. The van der Waals surface area contributed by atoms with Crippen molar-refractivity contribution in [2.45, 2.75) is 32.7 Å². The number of fused-ring (bicyclic) bond motifs is 3. The largest absolute Gasteiger partial charge is 0.279 e. The van der Waals surface area contributed by atoms with Crippen LogP contribution in [0.25, 0.3) is 10.2 Å². The SMILES string of the molecule is CC1CCc2c(sc3nnn(Cc4ccc([N+](=O)[O-])cc4)c(=O)c23)C1. The van der Waals surface area contributed by atoms with Crippen LogP contribution >= 0.6 is 11.3 Å². The number of benzene rings is 1. The Morgan fingerprint density at radius 2 is 2.12 bits per heavy atom. The van der Waals surface area contributed by atoms with Crippen LogP contribution in [-0.2, 0) is 19.4 Å². The van der Waals surface area contributed by atoms with E-state index in [0.29, 0.717) is 16.1 Å². The molecule has 3 aromatic rings. The quantitative estimate of drug-likeness (QED) is 0.531. The topological polar surface area (TPSA) is 90.9 Å². The number of non-ortho nitro benzene ring substituents is 1. The van der Waals surface area contributed by atoms with Crippen molar-refractivity contribution in [1.82, 2.24) is 15.0 Å². The summed E-state index contributed by atoms with van der Waals surface area (Å²) in [6.07, 6.45) is 3.00. The van der Waals surface area contributed by atoms with E-state index in [1.807, 2.05) is 0 Å². The Hall–Kier alpha value is -2.61. The van der Waals surface area contributed by atoms with Crippen LogP contribution in [0, 0.1) is 16.0 Å². The lowest BCUT2D eigenvalue weighted by atomic mass is 9.89. The number of hydrogen-bond donors (Lipinski definition) is 0. The van der Waals surface area contributed by atoms with Gasteiger partial charge in [-0.15, -0.1) is 16.4 Å². The van der Waals surface area contributed by atoms with Crippen LogP contribution in [0.2, 0.25) is 0 Å². The lowest BCUT2D eigenvalue weighted by Crippen LogP contribution is -2.25. The molecule has 1 aliphatic rings. The highest BCUT2D eigenvalue weighted by Gasteiger charge is 2.23. The molecule has 0 fully saturated rings. The third kappa shape index (κ3) is 2.82. The van der Waals surface area contributed by atoms with Crippen molar-refractivity contribution < 1.29 is 4.92 Å². The Kier molecular flexibility index (Phi) is 3.84. The Bertz CT molecular complexity index is 1020. The third-order valence-electron chi connectivity index (χ3n) is 4.66. The normalized spacial score (nSPS) is 16.8. The first kappa shape index (κ1) is 15.9. The molecule has 8 heteroatoms. The molecule has 2 aromatic heterocycles. The van der Waals surface area contributed by atoms with E-state index >= 15 is 0 Å². The zero-order chi connectivity index (χ0) is 17.6. The summed E-state index contributed by atoms with van der Waals surface area (Å²) in [5.41, 5.74) is 1.81. The van der Waals surface area contributed by atoms with E-state index in [-0.39, 0.29) is 17.8 Å². The highest BCUT2D eigenvalue weighted by atomic mass is 32.1. The van der Waals surface area contributed by atoms with Gasteiger partial charge in [0.25, 0.3) is 11.2 Å². The highest BCUT2D eigenvalue weighted by Crippen LogP contribution is 2.35. The van der Waals surface area contributed by atoms with Gasteiger partial charge >= 0.3 is 0 Å². The Labute approximate surface area is 147 Å². The fraction of sp³-hybridized carbons (Fsp3) is 0.353. The predicted octanol–water partition coefficient (Wildman–Crippen LogP) is 2.93. The monoisotopic (exact) mass is 356 g/mol. The van der Waals surface area contributed by atoms with E-state index in [4.69, 9.17) is 0 Å². The van der Waals surface area contributed by atoms with E-state index < -0.39 is 4.92 Å². The molecule has 1 atom stereocenters. The Morgan fingerprint density at radius 1 is 1.36 bits per heavy atom. The smallest absolute Gasteiger partial charge is 0.267 e. The van der Waals surface area contributed by atoms with Crippen molar-refractivity contribution >= 4 is 27.2 Å². The van der Waals surface area contributed by atoms with Gasteiger partial charge in [-0.05, 0) is 36.3 Å². The minimum Gasteiger partial charge on any atom is -0.267 e. The highest BCUT2D eigenvalue weighted by molar-refractivity contribution is 7.18. The first-order chi connectivity index (χ1) is 12.0. The standard InChI is InChI=1S/C17H16N4O3S/c1-10-2-7-13-14(8-10)25-16-15(13)17(22)20(19-18-16)9-11-3-5-12(6-4-11)21(23)24/h3-6,10H,2,7-9H2,1H3. The Balaban J connectivity index is 1.72. The predicted molar refractivity (Wildman–Crippen MR) is 95.1 cm³/mol. The second-order valence-electron chi connectivity index (χ2n) is 6.51. The fourth-order valence-corrected chi connectivity index (χ4v) is 4.61. The molecule has 0 spiro atoms. The number of aryl methyl sites for hydroxylation is 1. The van der Waals surface area contributed by atoms with Crippen molar-refractivity contribution in [1.29, 1.82) is 0 Å². The molecule has 0 bridgehead atoms. The molecule has 25 heavy (non-hydrogen) atoms. The van der Waals surface area contributed by atoms with Gasteiger partial charge in [-0.2, -0.15) is 0 Å². The number of hydrogen-bond acceptors (Lipinski definition) is 6. The molecule has 2 heterocycles. The molecule has 0 saturated heterocycles. The third-order valence-corrected chi connectivity index (χ3v) is 5.80. The second kappa shape index (κ2) is 6.03. The van der Waals surface area contributed by atoms with Crippen molar-refractivity contribution in [3.63, 3.8) is 0 Å². The molecule has 0 amide bonds. The van der Waals surface area contributed by atoms with Crippen LogP contribution in [0.15, 0.2) is 29.1 Å². The number of nitro benzene ring substituents is 1. The lowest BCUT2D eigenvalue weighted by Gasteiger charge is -2.17. The lowest BCUT2D eigenvalue weighted by molar-refractivity contribution is -0.384. The van der Waals surface area contributed by atoms with Crippen LogP contribution in [0.4, 0.5) is 5.69 Å². The first-order valence-corrected chi connectivity index (χ1v) is 8.96. The van der Waals surface area contributed by atoms with E-state index in [9.17, 15) is 14.9 Å². The summed E-state index contributed by atoms with van der Waals surface area (Å²) < 4.78 is 1.34. The van der Waals surface area contributed by atoms with Gasteiger partial charge in [0.15, 0.2) is 4.83 Å². The van der Waals surface area contributed by atoms with Gasteiger partial charge < -0.3 is 0 Å². The van der Waals surface area contributed by atoms with E-state index in [2.05, 4.69) is 17.2 Å². The number of thiophene rings is 1. The summed E-state index contributed by atoms with van der Waals surface area (Å²) in [5, 5.41) is 19.7. The van der Waals surface area contributed by atoms with Crippen molar-refractivity contribution in [2.24, 2.45) is 5.92 Å². The zero-order valence-electron chi connectivity index (χ0n) is 13.6. The molecule has 0 saturated carbocycles. The van der Waals surface area contributed by atoms with E-state index in [1.54, 1.807) is 23.5 Å². The number of aromatic nitrogens is 3. The molecule has 0 N–H and O–H groups in total. The van der Waals surface area contributed by atoms with Gasteiger partial charge in [-0.25, -0.2) is 4.68 Å². The molecule has 4 rings (SSSR count). The first-order valence-electron chi connectivity index (χ1n) is 8.14. The summed E-state index contributed by atoms with van der Waals surface area (Å²) >= 11 is 1.58. The van der Waals surface area contributed by atoms with Crippen molar-refractivity contribution in [3.8, 4) is 0 Å². The molecule has 1 aliphatic carbocycles. The molecular formula is C17H16N4O3S. The molecule has 1 aromatic carbocycles. The molecule has 7 nitrogen and oxygen atoms in total. The molecule has 128 valence electrons. The zero-order valence-corrected chi connectivity index (χ0v) is 14.5. The summed E-state index contributed by atoms with van der Waals surface area (Å²) in [7, 11) is 0. The summed E-state index contributed by atoms with van der Waals surface area (Å²) in [4.78, 5) is 25.1. The van der Waals surface area contributed by atoms with Crippen molar-refractivity contribution in [3.05, 3.63) is 60.7 Å². The number of nitrogens with zero attached hydrogens (tertiary/aromatic N) is 4.